The molecule has 2 heteroatoms. The molecule has 0 heterocycles. The molecule has 72 valence electrons. The van der Waals surface area contributed by atoms with Gasteiger partial charge in [0.25, 0.3) is 0 Å². The maximum Gasteiger partial charge on any atom is 0.118 e. The Labute approximate surface area is 84.4 Å². The lowest BCUT2D eigenvalue weighted by Crippen LogP contribution is -1.85. The van der Waals surface area contributed by atoms with Gasteiger partial charge >= 0.3 is 0 Å². The summed E-state index contributed by atoms with van der Waals surface area (Å²) in [6.45, 7) is 2.04. The van der Waals surface area contributed by atoms with Crippen LogP contribution >= 0.6 is 0 Å². The zero-order valence-electron chi connectivity index (χ0n) is 8.45. The van der Waals surface area contributed by atoms with Crippen LogP contribution in [0.5, 0.6) is 5.75 Å². The third-order valence-electron chi connectivity index (χ3n) is 2.08. The summed E-state index contributed by atoms with van der Waals surface area (Å²) in [6.07, 6.45) is 2.45. The standard InChI is InChI=1S/C12H13NO/c1-3-10(8-9-13)11-4-6-12(14-2)7-5-11/h4-8H,3H2,1-2H3/b10-8-. The molecule has 2 nitrogen and oxygen atoms in total. The van der Waals surface area contributed by atoms with Gasteiger partial charge in [0.05, 0.1) is 13.2 Å². The summed E-state index contributed by atoms with van der Waals surface area (Å²) in [5, 5.41) is 8.58. The van der Waals surface area contributed by atoms with E-state index in [0.29, 0.717) is 0 Å². The third kappa shape index (κ3) is 2.37. The van der Waals surface area contributed by atoms with E-state index in [1.54, 1.807) is 13.2 Å². The number of nitrogens with zero attached hydrogens (tertiary/aromatic N) is 1. The molecule has 14 heavy (non-hydrogen) atoms. The first-order valence-corrected chi connectivity index (χ1v) is 4.55. The number of ether oxygens (including phenoxy) is 1. The zero-order valence-corrected chi connectivity index (χ0v) is 8.45. The van der Waals surface area contributed by atoms with Gasteiger partial charge < -0.3 is 4.74 Å². The largest absolute Gasteiger partial charge is 0.497 e. The second kappa shape index (κ2) is 5.08. The monoisotopic (exact) mass is 187 g/mol. The minimum absolute atomic E-state index is 0.834. The van der Waals surface area contributed by atoms with Gasteiger partial charge in [0.2, 0.25) is 0 Å². The third-order valence-corrected chi connectivity index (χ3v) is 2.08. The lowest BCUT2D eigenvalue weighted by molar-refractivity contribution is 0.415. The van der Waals surface area contributed by atoms with Gasteiger partial charge in [-0.3, -0.25) is 0 Å². The second-order valence-electron chi connectivity index (χ2n) is 2.88. The Morgan fingerprint density at radius 2 is 2.07 bits per heavy atom. The van der Waals surface area contributed by atoms with Crippen LogP contribution in [0.25, 0.3) is 5.57 Å². The molecule has 0 unspecified atom stereocenters. The molecule has 0 amide bonds. The Morgan fingerprint density at radius 1 is 1.43 bits per heavy atom. The molecule has 0 N–H and O–H groups in total. The summed E-state index contributed by atoms with van der Waals surface area (Å²) in [7, 11) is 1.64. The van der Waals surface area contributed by atoms with Crippen molar-refractivity contribution in [2.45, 2.75) is 13.3 Å². The molecule has 0 aliphatic rings. The van der Waals surface area contributed by atoms with Crippen molar-refractivity contribution in [3.63, 3.8) is 0 Å². The number of rotatable bonds is 3. The van der Waals surface area contributed by atoms with Crippen molar-refractivity contribution in [1.29, 1.82) is 5.26 Å². The van der Waals surface area contributed by atoms with E-state index in [1.807, 2.05) is 31.2 Å². The lowest BCUT2D eigenvalue weighted by Gasteiger charge is -2.04. The molecular weight excluding hydrogens is 174 g/mol. The molecular formula is C12H13NO. The van der Waals surface area contributed by atoms with E-state index >= 15 is 0 Å². The molecule has 0 spiro atoms. The van der Waals surface area contributed by atoms with Crippen LogP contribution in [0.4, 0.5) is 0 Å². The van der Waals surface area contributed by atoms with Gasteiger partial charge in [0.1, 0.15) is 5.75 Å². The molecule has 0 saturated heterocycles. The highest BCUT2D eigenvalue weighted by Crippen LogP contribution is 2.20. The fourth-order valence-electron chi connectivity index (χ4n) is 1.27. The Balaban J connectivity index is 2.96. The molecule has 0 radical (unpaired) electrons. The van der Waals surface area contributed by atoms with Crippen molar-refractivity contribution < 1.29 is 4.74 Å². The van der Waals surface area contributed by atoms with Crippen molar-refractivity contribution in [1.82, 2.24) is 0 Å². The molecule has 1 aromatic rings. The molecule has 0 aliphatic heterocycles. The predicted octanol–water partition coefficient (Wildman–Crippen LogP) is 3.01. The fraction of sp³-hybridized carbons (Fsp3) is 0.250. The Hall–Kier alpha value is -1.75. The van der Waals surface area contributed by atoms with Crippen LogP contribution in [0, 0.1) is 11.3 Å². The van der Waals surface area contributed by atoms with E-state index < -0.39 is 0 Å². The second-order valence-corrected chi connectivity index (χ2v) is 2.88. The summed E-state index contributed by atoms with van der Waals surface area (Å²) in [4.78, 5) is 0. The van der Waals surface area contributed by atoms with Crippen molar-refractivity contribution in [2.75, 3.05) is 7.11 Å². The highest BCUT2D eigenvalue weighted by molar-refractivity contribution is 5.67. The van der Waals surface area contributed by atoms with Crippen molar-refractivity contribution in [3.8, 4) is 11.8 Å². The highest BCUT2D eigenvalue weighted by atomic mass is 16.5. The zero-order chi connectivity index (χ0) is 10.4. The van der Waals surface area contributed by atoms with Gasteiger partial charge in [-0.1, -0.05) is 19.1 Å². The number of allylic oxidation sites excluding steroid dienone is 2. The van der Waals surface area contributed by atoms with Gasteiger partial charge in [0.15, 0.2) is 0 Å². The molecule has 0 aromatic heterocycles. The van der Waals surface area contributed by atoms with Crippen molar-refractivity contribution in [2.24, 2.45) is 0 Å². The topological polar surface area (TPSA) is 33.0 Å². The van der Waals surface area contributed by atoms with Crippen molar-refractivity contribution in [3.05, 3.63) is 35.9 Å². The van der Waals surface area contributed by atoms with Crippen molar-refractivity contribution >= 4 is 5.57 Å². The highest BCUT2D eigenvalue weighted by Gasteiger charge is 1.98. The minimum Gasteiger partial charge on any atom is -0.497 e. The quantitative estimate of drug-likeness (QED) is 0.681. The summed E-state index contributed by atoms with van der Waals surface area (Å²) in [5.74, 6) is 0.834. The first-order valence-electron chi connectivity index (χ1n) is 4.55. The van der Waals surface area contributed by atoms with E-state index in [9.17, 15) is 0 Å². The van der Waals surface area contributed by atoms with Crippen LogP contribution in [-0.2, 0) is 0 Å². The number of hydrogen-bond donors (Lipinski definition) is 0. The minimum atomic E-state index is 0.834. The first kappa shape index (κ1) is 10.3. The molecule has 0 atom stereocenters. The van der Waals surface area contributed by atoms with Gasteiger partial charge in [0, 0.05) is 6.08 Å². The first-order chi connectivity index (χ1) is 6.81. The summed E-state index contributed by atoms with van der Waals surface area (Å²) < 4.78 is 5.06. The van der Waals surface area contributed by atoms with E-state index in [4.69, 9.17) is 10.00 Å². The summed E-state index contributed by atoms with van der Waals surface area (Å²) in [5.41, 5.74) is 2.13. The van der Waals surface area contributed by atoms with E-state index in [-0.39, 0.29) is 0 Å². The smallest absolute Gasteiger partial charge is 0.118 e. The number of hydrogen-bond acceptors (Lipinski definition) is 2. The number of methoxy groups -OCH3 is 1. The molecule has 1 rings (SSSR count). The molecule has 1 aromatic carbocycles. The van der Waals surface area contributed by atoms with Crippen LogP contribution in [0.3, 0.4) is 0 Å². The molecule has 0 saturated carbocycles. The SMILES string of the molecule is CC/C(=C/C#N)c1ccc(OC)cc1. The van der Waals surface area contributed by atoms with Gasteiger partial charge in [-0.15, -0.1) is 0 Å². The Kier molecular flexibility index (Phi) is 3.75. The summed E-state index contributed by atoms with van der Waals surface area (Å²) in [6, 6.07) is 9.78. The van der Waals surface area contributed by atoms with Crippen LogP contribution in [0.2, 0.25) is 0 Å². The summed E-state index contributed by atoms with van der Waals surface area (Å²) >= 11 is 0. The van der Waals surface area contributed by atoms with Gasteiger partial charge in [-0.25, -0.2) is 0 Å². The van der Waals surface area contributed by atoms with E-state index in [2.05, 4.69) is 6.07 Å². The van der Waals surface area contributed by atoms with Crippen LogP contribution < -0.4 is 4.74 Å². The normalized spacial score (nSPS) is 10.8. The van der Waals surface area contributed by atoms with Gasteiger partial charge in [-0.05, 0) is 29.7 Å². The van der Waals surface area contributed by atoms with Crippen LogP contribution in [0.15, 0.2) is 30.3 Å². The molecule has 0 bridgehead atoms. The average molecular weight is 187 g/mol. The fourth-order valence-corrected chi connectivity index (χ4v) is 1.27. The molecule has 0 aliphatic carbocycles. The number of nitriles is 1. The maximum absolute atomic E-state index is 8.58. The Bertz CT molecular complexity index is 357. The van der Waals surface area contributed by atoms with Crippen LogP contribution in [-0.4, -0.2) is 7.11 Å². The van der Waals surface area contributed by atoms with E-state index in [0.717, 1.165) is 23.3 Å². The van der Waals surface area contributed by atoms with Gasteiger partial charge in [-0.2, -0.15) is 5.26 Å². The van der Waals surface area contributed by atoms with E-state index in [1.165, 1.54) is 0 Å². The Morgan fingerprint density at radius 3 is 2.50 bits per heavy atom. The van der Waals surface area contributed by atoms with Crippen LogP contribution in [0.1, 0.15) is 18.9 Å². The molecule has 0 fully saturated rings. The maximum atomic E-state index is 8.58. The lowest BCUT2D eigenvalue weighted by atomic mass is 10.0. The average Bonchev–Trinajstić information content (AvgIpc) is 2.26. The predicted molar refractivity (Wildman–Crippen MR) is 56.9 cm³/mol. The number of benzene rings is 1.